The Kier molecular flexibility index (Phi) is 6.66. The number of nitrogens with zero attached hydrogens (tertiary/aromatic N) is 1. The number of aliphatic imine (C=N–C) groups is 1. The van der Waals surface area contributed by atoms with Gasteiger partial charge in [0.05, 0.1) is 18.2 Å². The van der Waals surface area contributed by atoms with Crippen LogP contribution in [0.4, 0.5) is 0 Å². The van der Waals surface area contributed by atoms with Crippen molar-refractivity contribution in [3.8, 4) is 11.5 Å². The molecule has 1 heterocycles. The molecule has 29 heavy (non-hydrogen) atoms. The first kappa shape index (κ1) is 20.6. The molecule has 7 nitrogen and oxygen atoms in total. The number of rotatable bonds is 7. The van der Waals surface area contributed by atoms with Gasteiger partial charge in [0, 0.05) is 5.56 Å². The van der Waals surface area contributed by atoms with Crippen LogP contribution in [-0.4, -0.2) is 38.2 Å². The second kappa shape index (κ2) is 9.38. The minimum Gasteiger partial charge on any atom is -0.493 e. The zero-order valence-electron chi connectivity index (χ0n) is 15.8. The summed E-state index contributed by atoms with van der Waals surface area (Å²) < 4.78 is 21.5. The first-order valence-corrected chi connectivity index (χ1v) is 9.55. The van der Waals surface area contributed by atoms with Crippen LogP contribution >= 0.6 is 15.9 Å². The van der Waals surface area contributed by atoms with E-state index in [1.165, 1.54) is 7.11 Å². The van der Waals surface area contributed by atoms with E-state index in [1.807, 2.05) is 30.3 Å². The fraction of sp³-hybridized carbons (Fsp3) is 0.190. The Hall–Kier alpha value is -3.13. The molecule has 2 aromatic carbocycles. The number of carbonyl (C=O) groups is 2. The summed E-state index contributed by atoms with van der Waals surface area (Å²) in [6.45, 7) is 1.74. The lowest BCUT2D eigenvalue weighted by Crippen LogP contribution is -2.15. The molecule has 0 unspecified atom stereocenters. The Morgan fingerprint density at radius 2 is 2.00 bits per heavy atom. The van der Waals surface area contributed by atoms with Crippen molar-refractivity contribution in [2.45, 2.75) is 6.92 Å². The Balaban J connectivity index is 1.86. The van der Waals surface area contributed by atoms with Crippen LogP contribution < -0.4 is 9.47 Å². The molecule has 0 atom stereocenters. The number of esters is 2. The predicted octanol–water partition coefficient (Wildman–Crippen LogP) is 3.74. The van der Waals surface area contributed by atoms with Crippen molar-refractivity contribution in [1.29, 1.82) is 0 Å². The number of hydrogen-bond acceptors (Lipinski definition) is 7. The molecular weight excluding hydrogens is 442 g/mol. The van der Waals surface area contributed by atoms with E-state index >= 15 is 0 Å². The molecule has 0 amide bonds. The summed E-state index contributed by atoms with van der Waals surface area (Å²) in [5.41, 5.74) is 1.52. The van der Waals surface area contributed by atoms with Crippen LogP contribution in [0.25, 0.3) is 6.08 Å². The van der Waals surface area contributed by atoms with Gasteiger partial charge in [0.1, 0.15) is 0 Å². The molecular formula is C21H18BrNO6. The van der Waals surface area contributed by atoms with Crippen molar-refractivity contribution in [2.75, 3.05) is 20.3 Å². The van der Waals surface area contributed by atoms with Gasteiger partial charge in [0.25, 0.3) is 0 Å². The van der Waals surface area contributed by atoms with E-state index in [9.17, 15) is 9.59 Å². The largest absolute Gasteiger partial charge is 0.493 e. The number of hydrogen-bond donors (Lipinski definition) is 0. The molecule has 0 fully saturated rings. The lowest BCUT2D eigenvalue weighted by molar-refractivity contribution is -0.145. The molecule has 3 rings (SSSR count). The Morgan fingerprint density at radius 3 is 2.69 bits per heavy atom. The summed E-state index contributed by atoms with van der Waals surface area (Å²) in [4.78, 5) is 28.0. The summed E-state index contributed by atoms with van der Waals surface area (Å²) in [5.74, 6) is -0.0349. The predicted molar refractivity (Wildman–Crippen MR) is 110 cm³/mol. The number of cyclic esters (lactones) is 1. The SMILES string of the molecule is CCOC(=O)COc1c(Br)cc(C=C2N=C(c3ccccc3)OC2=O)cc1OC. The van der Waals surface area contributed by atoms with Crippen LogP contribution in [-0.2, 0) is 19.1 Å². The molecule has 8 heteroatoms. The summed E-state index contributed by atoms with van der Waals surface area (Å²) in [7, 11) is 1.48. The van der Waals surface area contributed by atoms with Crippen molar-refractivity contribution < 1.29 is 28.5 Å². The molecule has 0 aromatic heterocycles. The molecule has 0 saturated carbocycles. The summed E-state index contributed by atoms with van der Waals surface area (Å²) >= 11 is 3.40. The Labute approximate surface area is 176 Å². The van der Waals surface area contributed by atoms with Gasteiger partial charge >= 0.3 is 11.9 Å². The first-order chi connectivity index (χ1) is 14.0. The van der Waals surface area contributed by atoms with E-state index in [0.717, 1.165) is 0 Å². The summed E-state index contributed by atoms with van der Waals surface area (Å²) in [6, 6.07) is 12.6. The van der Waals surface area contributed by atoms with Gasteiger partial charge in [0.15, 0.2) is 23.8 Å². The minimum absolute atomic E-state index is 0.165. The van der Waals surface area contributed by atoms with Gasteiger partial charge in [-0.05, 0) is 58.8 Å². The number of methoxy groups -OCH3 is 1. The third-order valence-corrected chi connectivity index (χ3v) is 4.43. The Morgan fingerprint density at radius 1 is 1.24 bits per heavy atom. The average molecular weight is 460 g/mol. The monoisotopic (exact) mass is 459 g/mol. The molecule has 150 valence electrons. The van der Waals surface area contributed by atoms with E-state index in [4.69, 9.17) is 18.9 Å². The van der Waals surface area contributed by atoms with Crippen LogP contribution in [0.3, 0.4) is 0 Å². The molecule has 0 N–H and O–H groups in total. The molecule has 1 aliphatic heterocycles. The second-order valence-electron chi connectivity index (χ2n) is 5.83. The quantitative estimate of drug-likeness (QED) is 0.463. The number of halogens is 1. The highest BCUT2D eigenvalue weighted by atomic mass is 79.9. The minimum atomic E-state index is -0.540. The first-order valence-electron chi connectivity index (χ1n) is 8.75. The Bertz CT molecular complexity index is 984. The lowest BCUT2D eigenvalue weighted by Gasteiger charge is -2.13. The molecule has 0 saturated heterocycles. The maximum absolute atomic E-state index is 12.2. The van der Waals surface area contributed by atoms with Crippen LogP contribution in [0, 0.1) is 0 Å². The maximum atomic E-state index is 12.2. The molecule has 2 aromatic rings. The van der Waals surface area contributed by atoms with Gasteiger partial charge in [-0.25, -0.2) is 14.6 Å². The zero-order valence-corrected chi connectivity index (χ0v) is 17.4. The van der Waals surface area contributed by atoms with Crippen LogP contribution in [0.15, 0.2) is 57.6 Å². The molecule has 0 aliphatic carbocycles. The van der Waals surface area contributed by atoms with E-state index in [0.29, 0.717) is 27.1 Å². The number of benzene rings is 2. The van der Waals surface area contributed by atoms with Crippen molar-refractivity contribution >= 4 is 39.8 Å². The van der Waals surface area contributed by atoms with E-state index < -0.39 is 11.9 Å². The standard InChI is InChI=1S/C21H18BrNO6/c1-3-27-18(24)12-28-19-15(22)9-13(11-17(19)26-2)10-16-21(25)29-20(23-16)14-7-5-4-6-8-14/h4-11H,3,12H2,1-2H3. The lowest BCUT2D eigenvalue weighted by atomic mass is 10.1. The molecule has 0 radical (unpaired) electrons. The third kappa shape index (κ3) is 5.03. The van der Waals surface area contributed by atoms with Gasteiger partial charge in [-0.2, -0.15) is 0 Å². The highest BCUT2D eigenvalue weighted by Crippen LogP contribution is 2.37. The van der Waals surface area contributed by atoms with Crippen LogP contribution in [0.2, 0.25) is 0 Å². The van der Waals surface area contributed by atoms with Crippen molar-refractivity contribution in [2.24, 2.45) is 4.99 Å². The van der Waals surface area contributed by atoms with Crippen molar-refractivity contribution in [3.63, 3.8) is 0 Å². The average Bonchev–Trinajstić information content (AvgIpc) is 3.08. The summed E-state index contributed by atoms with van der Waals surface area (Å²) in [5, 5.41) is 0. The summed E-state index contributed by atoms with van der Waals surface area (Å²) in [6.07, 6.45) is 1.58. The fourth-order valence-corrected chi connectivity index (χ4v) is 3.14. The van der Waals surface area contributed by atoms with Crippen LogP contribution in [0.5, 0.6) is 11.5 Å². The van der Waals surface area contributed by atoms with E-state index in [2.05, 4.69) is 20.9 Å². The van der Waals surface area contributed by atoms with E-state index in [1.54, 1.807) is 25.1 Å². The topological polar surface area (TPSA) is 83.4 Å². The normalized spacial score (nSPS) is 14.4. The maximum Gasteiger partial charge on any atom is 0.363 e. The highest BCUT2D eigenvalue weighted by Gasteiger charge is 2.24. The number of carbonyl (C=O) groups excluding carboxylic acids is 2. The molecule has 0 bridgehead atoms. The fourth-order valence-electron chi connectivity index (χ4n) is 2.57. The van der Waals surface area contributed by atoms with E-state index in [-0.39, 0.29) is 24.8 Å². The van der Waals surface area contributed by atoms with Gasteiger partial charge in [-0.1, -0.05) is 18.2 Å². The highest BCUT2D eigenvalue weighted by molar-refractivity contribution is 9.10. The van der Waals surface area contributed by atoms with Gasteiger partial charge in [-0.3, -0.25) is 0 Å². The van der Waals surface area contributed by atoms with Crippen molar-refractivity contribution in [3.05, 3.63) is 63.8 Å². The zero-order chi connectivity index (χ0) is 20.8. The van der Waals surface area contributed by atoms with Gasteiger partial charge in [0.2, 0.25) is 5.90 Å². The third-order valence-electron chi connectivity index (χ3n) is 3.84. The number of ether oxygens (including phenoxy) is 4. The molecule has 0 spiro atoms. The molecule has 1 aliphatic rings. The van der Waals surface area contributed by atoms with Gasteiger partial charge in [-0.15, -0.1) is 0 Å². The van der Waals surface area contributed by atoms with Crippen molar-refractivity contribution in [1.82, 2.24) is 0 Å². The smallest absolute Gasteiger partial charge is 0.363 e. The van der Waals surface area contributed by atoms with Gasteiger partial charge < -0.3 is 18.9 Å². The van der Waals surface area contributed by atoms with Crippen LogP contribution in [0.1, 0.15) is 18.1 Å². The second-order valence-corrected chi connectivity index (χ2v) is 6.68.